The number of hydrogen-bond acceptors (Lipinski definition) is 7. The van der Waals surface area contributed by atoms with E-state index in [0.29, 0.717) is 37.6 Å². The Morgan fingerprint density at radius 1 is 1.00 bits per heavy atom. The van der Waals surface area contributed by atoms with Crippen molar-refractivity contribution >= 4 is 44.6 Å². The van der Waals surface area contributed by atoms with Gasteiger partial charge in [-0.25, -0.2) is 14.4 Å². The van der Waals surface area contributed by atoms with Gasteiger partial charge in [0.05, 0.1) is 16.3 Å². The van der Waals surface area contributed by atoms with Crippen molar-refractivity contribution in [2.75, 3.05) is 41.3 Å². The Morgan fingerprint density at radius 3 is 2.37 bits per heavy atom. The molecule has 0 spiro atoms. The van der Waals surface area contributed by atoms with Crippen LogP contribution in [0.4, 0.5) is 33.1 Å². The van der Waals surface area contributed by atoms with Crippen LogP contribution in [-0.4, -0.2) is 41.1 Å². The topological polar surface area (TPSA) is 87.4 Å². The maximum absolute atomic E-state index is 14.1. The van der Waals surface area contributed by atoms with Crippen molar-refractivity contribution < 1.29 is 9.31 Å². The van der Waals surface area contributed by atoms with Gasteiger partial charge in [0.1, 0.15) is 12.1 Å². The third-order valence-corrected chi connectivity index (χ3v) is 5.58. The molecular formula is C20H18BrFN6O2. The lowest BCUT2D eigenvalue weighted by atomic mass is 10.2. The molecule has 1 aromatic heterocycles. The van der Waals surface area contributed by atoms with E-state index in [1.165, 1.54) is 12.4 Å². The summed E-state index contributed by atoms with van der Waals surface area (Å²) in [5, 5.41) is 14.9. The number of piperazine rings is 1. The first kappa shape index (κ1) is 20.0. The highest BCUT2D eigenvalue weighted by Gasteiger charge is 2.30. The fourth-order valence-corrected chi connectivity index (χ4v) is 3.80. The zero-order chi connectivity index (χ0) is 21.1. The van der Waals surface area contributed by atoms with E-state index in [0.717, 1.165) is 4.47 Å². The summed E-state index contributed by atoms with van der Waals surface area (Å²) in [7, 11) is 0. The Balaban J connectivity index is 1.58. The monoisotopic (exact) mass is 472 g/mol. The molecular weight excluding hydrogens is 455 g/mol. The van der Waals surface area contributed by atoms with Crippen molar-refractivity contribution in [2.45, 2.75) is 0 Å². The van der Waals surface area contributed by atoms with Gasteiger partial charge in [0.25, 0.3) is 0 Å². The average Bonchev–Trinajstić information content (AvgIpc) is 2.75. The third kappa shape index (κ3) is 4.04. The lowest BCUT2D eigenvalue weighted by molar-refractivity contribution is -0.383. The van der Waals surface area contributed by atoms with Gasteiger partial charge in [-0.15, -0.1) is 0 Å². The molecule has 30 heavy (non-hydrogen) atoms. The average molecular weight is 473 g/mol. The van der Waals surface area contributed by atoms with Crippen LogP contribution in [0.5, 0.6) is 0 Å². The molecule has 154 valence electrons. The fourth-order valence-electron chi connectivity index (χ4n) is 3.42. The van der Waals surface area contributed by atoms with Crippen molar-refractivity contribution in [1.82, 2.24) is 9.97 Å². The molecule has 1 saturated heterocycles. The van der Waals surface area contributed by atoms with Crippen LogP contribution >= 0.6 is 15.9 Å². The Labute approximate surface area is 180 Å². The van der Waals surface area contributed by atoms with Gasteiger partial charge in [-0.05, 0) is 40.2 Å². The normalized spacial score (nSPS) is 13.9. The van der Waals surface area contributed by atoms with E-state index < -0.39 is 4.92 Å². The van der Waals surface area contributed by atoms with Crippen LogP contribution in [0.3, 0.4) is 0 Å². The number of rotatable bonds is 5. The summed E-state index contributed by atoms with van der Waals surface area (Å²) in [4.78, 5) is 23.5. The van der Waals surface area contributed by atoms with Crippen molar-refractivity contribution in [3.8, 4) is 0 Å². The van der Waals surface area contributed by atoms with Gasteiger partial charge >= 0.3 is 5.69 Å². The first-order chi connectivity index (χ1) is 14.5. The molecule has 0 radical (unpaired) electrons. The van der Waals surface area contributed by atoms with E-state index in [-0.39, 0.29) is 23.1 Å². The summed E-state index contributed by atoms with van der Waals surface area (Å²) in [5.74, 6) is 0.0880. The van der Waals surface area contributed by atoms with Crippen molar-refractivity contribution in [3.63, 3.8) is 0 Å². The smallest absolute Gasteiger partial charge is 0.353 e. The predicted molar refractivity (Wildman–Crippen MR) is 117 cm³/mol. The Bertz CT molecular complexity index is 1070. The Kier molecular flexibility index (Phi) is 5.75. The summed E-state index contributed by atoms with van der Waals surface area (Å²) in [6.45, 7) is 1.99. The zero-order valence-corrected chi connectivity index (χ0v) is 17.4. The zero-order valence-electron chi connectivity index (χ0n) is 15.8. The highest BCUT2D eigenvalue weighted by Crippen LogP contribution is 2.35. The van der Waals surface area contributed by atoms with Gasteiger partial charge in [-0.1, -0.05) is 24.3 Å². The molecule has 8 nitrogen and oxygen atoms in total. The van der Waals surface area contributed by atoms with Gasteiger partial charge < -0.3 is 15.1 Å². The molecule has 1 N–H and O–H groups in total. The molecule has 4 rings (SSSR count). The summed E-state index contributed by atoms with van der Waals surface area (Å²) < 4.78 is 14.8. The molecule has 2 aromatic carbocycles. The molecule has 10 heteroatoms. The fraction of sp³-hybridized carbons (Fsp3) is 0.200. The minimum Gasteiger partial charge on any atom is -0.366 e. The highest BCUT2D eigenvalue weighted by atomic mass is 79.9. The predicted octanol–water partition coefficient (Wildman–Crippen LogP) is 4.36. The van der Waals surface area contributed by atoms with Crippen LogP contribution in [0.25, 0.3) is 0 Å². The van der Waals surface area contributed by atoms with E-state index in [1.54, 1.807) is 24.3 Å². The van der Waals surface area contributed by atoms with Crippen molar-refractivity contribution in [3.05, 3.63) is 75.3 Å². The van der Waals surface area contributed by atoms with E-state index in [9.17, 15) is 14.5 Å². The van der Waals surface area contributed by atoms with Gasteiger partial charge in [0.15, 0.2) is 0 Å². The minimum absolute atomic E-state index is 0.119. The summed E-state index contributed by atoms with van der Waals surface area (Å²) >= 11 is 3.42. The molecule has 0 saturated carbocycles. The van der Waals surface area contributed by atoms with Gasteiger partial charge in [-0.2, -0.15) is 0 Å². The first-order valence-corrected chi connectivity index (χ1v) is 10.1. The number of nitrogens with zero attached hydrogens (tertiary/aromatic N) is 5. The second kappa shape index (κ2) is 8.62. The molecule has 1 aliphatic rings. The van der Waals surface area contributed by atoms with E-state index in [1.807, 2.05) is 28.0 Å². The highest BCUT2D eigenvalue weighted by molar-refractivity contribution is 9.10. The first-order valence-electron chi connectivity index (χ1n) is 9.30. The number of hydrogen-bond donors (Lipinski definition) is 1. The molecule has 2 heterocycles. The second-order valence-electron chi connectivity index (χ2n) is 6.68. The molecule has 1 fully saturated rings. The number of benzene rings is 2. The van der Waals surface area contributed by atoms with Gasteiger partial charge in [0.2, 0.25) is 11.6 Å². The maximum atomic E-state index is 14.1. The number of para-hydroxylation sites is 2. The third-order valence-electron chi connectivity index (χ3n) is 4.88. The molecule has 1 aliphatic heterocycles. The molecule has 3 aromatic rings. The Hall–Kier alpha value is -3.27. The number of nitrogens with one attached hydrogen (secondary N) is 1. The molecule has 0 bridgehead atoms. The lowest BCUT2D eigenvalue weighted by Crippen LogP contribution is -2.47. The van der Waals surface area contributed by atoms with Crippen molar-refractivity contribution in [2.24, 2.45) is 0 Å². The van der Waals surface area contributed by atoms with Crippen LogP contribution in [0.2, 0.25) is 0 Å². The summed E-state index contributed by atoms with van der Waals surface area (Å²) in [6.07, 6.45) is 1.31. The van der Waals surface area contributed by atoms with E-state index in [2.05, 4.69) is 31.2 Å². The van der Waals surface area contributed by atoms with Crippen molar-refractivity contribution in [1.29, 1.82) is 0 Å². The summed E-state index contributed by atoms with van der Waals surface area (Å²) in [5.41, 5.74) is 1.01. The van der Waals surface area contributed by atoms with E-state index >= 15 is 0 Å². The number of anilines is 4. The van der Waals surface area contributed by atoms with Gasteiger partial charge in [-0.3, -0.25) is 10.1 Å². The maximum Gasteiger partial charge on any atom is 0.353 e. The number of nitro groups is 1. The Morgan fingerprint density at radius 2 is 1.67 bits per heavy atom. The molecule has 0 unspecified atom stereocenters. The summed E-state index contributed by atoms with van der Waals surface area (Å²) in [6, 6.07) is 13.9. The molecule has 0 aliphatic carbocycles. The van der Waals surface area contributed by atoms with Crippen LogP contribution < -0.4 is 15.1 Å². The standard InChI is InChI=1S/C20H18BrFN6O2/c21-14-5-1-3-7-16(14)25-19-18(28(29)30)20(24-13-23-19)27-11-9-26(10-12-27)17-8-4-2-6-15(17)22/h1-8,13H,9-12H2,(H,23,24,25). The van der Waals surface area contributed by atoms with Gasteiger partial charge in [0, 0.05) is 30.7 Å². The molecule has 0 amide bonds. The second-order valence-corrected chi connectivity index (χ2v) is 7.54. The SMILES string of the molecule is O=[N+]([O-])c1c(Nc2ccccc2Br)ncnc1N1CCN(c2ccccc2F)CC1. The minimum atomic E-state index is -0.474. The largest absolute Gasteiger partial charge is 0.366 e. The van der Waals surface area contributed by atoms with E-state index in [4.69, 9.17) is 0 Å². The van der Waals surface area contributed by atoms with Crippen LogP contribution in [0, 0.1) is 15.9 Å². The molecule has 0 atom stereocenters. The van der Waals surface area contributed by atoms with Crippen LogP contribution in [-0.2, 0) is 0 Å². The van der Waals surface area contributed by atoms with Crippen LogP contribution in [0.15, 0.2) is 59.3 Å². The number of halogens is 2. The number of aromatic nitrogens is 2. The van der Waals surface area contributed by atoms with Crippen LogP contribution in [0.1, 0.15) is 0 Å². The lowest BCUT2D eigenvalue weighted by Gasteiger charge is -2.36. The quantitative estimate of drug-likeness (QED) is 0.435.